The minimum Gasteiger partial charge on any atom is -0.396 e. The van der Waals surface area contributed by atoms with Crippen molar-refractivity contribution in [3.63, 3.8) is 0 Å². The molecule has 1 aromatic carbocycles. The summed E-state index contributed by atoms with van der Waals surface area (Å²) in [6.07, 6.45) is 3.43. The summed E-state index contributed by atoms with van der Waals surface area (Å²) in [6, 6.07) is 2.39. The van der Waals surface area contributed by atoms with E-state index in [1.54, 1.807) is 22.6 Å². The Labute approximate surface area is 124 Å². The number of aliphatic hydroxyl groups is 1. The van der Waals surface area contributed by atoms with E-state index < -0.39 is 10.7 Å². The first-order chi connectivity index (χ1) is 9.06. The van der Waals surface area contributed by atoms with Crippen LogP contribution in [0.5, 0.6) is 0 Å². The van der Waals surface area contributed by atoms with Crippen molar-refractivity contribution in [3.8, 4) is 0 Å². The van der Waals surface area contributed by atoms with Crippen LogP contribution in [0.15, 0.2) is 12.1 Å². The summed E-state index contributed by atoms with van der Waals surface area (Å²) < 4.78 is 13.6. The molecule has 7 heteroatoms. The van der Waals surface area contributed by atoms with Crippen LogP contribution < -0.4 is 5.32 Å². The Hall–Kier alpha value is -0.960. The van der Waals surface area contributed by atoms with Crippen LogP contribution in [0.2, 0.25) is 0 Å². The van der Waals surface area contributed by atoms with Crippen molar-refractivity contribution in [1.29, 1.82) is 0 Å². The quantitative estimate of drug-likeness (QED) is 0.313. The molecular formula is C12H16FIN2O3. The molecule has 5 nitrogen and oxygen atoms in total. The average Bonchev–Trinajstić information content (AvgIpc) is 2.37. The number of benzene rings is 1. The number of unbranched alkanes of at least 4 members (excludes halogenated alkanes) is 3. The van der Waals surface area contributed by atoms with Gasteiger partial charge < -0.3 is 10.4 Å². The predicted molar refractivity (Wildman–Crippen MR) is 79.8 cm³/mol. The first-order valence-corrected chi connectivity index (χ1v) is 7.12. The lowest BCUT2D eigenvalue weighted by atomic mass is 10.2. The maximum Gasteiger partial charge on any atom is 0.293 e. The maximum absolute atomic E-state index is 13.4. The first kappa shape index (κ1) is 16.1. The van der Waals surface area contributed by atoms with Crippen molar-refractivity contribution in [2.24, 2.45) is 0 Å². The number of nitro benzene ring substituents is 1. The molecule has 0 fully saturated rings. The Morgan fingerprint density at radius 2 is 2.00 bits per heavy atom. The van der Waals surface area contributed by atoms with Gasteiger partial charge in [-0.25, -0.2) is 4.39 Å². The van der Waals surface area contributed by atoms with Crippen LogP contribution in [-0.4, -0.2) is 23.2 Å². The zero-order chi connectivity index (χ0) is 14.3. The fourth-order valence-electron chi connectivity index (χ4n) is 1.64. The summed E-state index contributed by atoms with van der Waals surface area (Å²) in [4.78, 5) is 10.4. The molecule has 0 spiro atoms. The van der Waals surface area contributed by atoms with Gasteiger partial charge in [0, 0.05) is 25.3 Å². The van der Waals surface area contributed by atoms with Crippen LogP contribution in [0.25, 0.3) is 0 Å². The molecule has 0 saturated heterocycles. The molecule has 1 rings (SSSR count). The van der Waals surface area contributed by atoms with Crippen molar-refractivity contribution < 1.29 is 14.4 Å². The van der Waals surface area contributed by atoms with Gasteiger partial charge in [0.25, 0.3) is 5.69 Å². The minimum absolute atomic E-state index is 0.110. The Morgan fingerprint density at radius 1 is 1.32 bits per heavy atom. The second-order valence-electron chi connectivity index (χ2n) is 4.11. The smallest absolute Gasteiger partial charge is 0.293 e. The number of anilines is 1. The second-order valence-corrected chi connectivity index (χ2v) is 5.27. The molecule has 0 heterocycles. The van der Waals surface area contributed by atoms with Gasteiger partial charge in [-0.1, -0.05) is 12.8 Å². The monoisotopic (exact) mass is 382 g/mol. The van der Waals surface area contributed by atoms with Gasteiger partial charge >= 0.3 is 0 Å². The van der Waals surface area contributed by atoms with Gasteiger partial charge in [0.15, 0.2) is 0 Å². The molecule has 0 unspecified atom stereocenters. The third-order valence-corrected chi connectivity index (χ3v) is 3.46. The Morgan fingerprint density at radius 3 is 2.63 bits per heavy atom. The van der Waals surface area contributed by atoms with Crippen molar-refractivity contribution >= 4 is 34.0 Å². The molecule has 19 heavy (non-hydrogen) atoms. The van der Waals surface area contributed by atoms with Gasteiger partial charge in [-0.05, 0) is 35.4 Å². The molecule has 0 amide bonds. The van der Waals surface area contributed by atoms with Gasteiger partial charge in [0.2, 0.25) is 0 Å². The molecule has 0 aliphatic heterocycles. The molecule has 0 atom stereocenters. The molecule has 0 aromatic heterocycles. The second kappa shape index (κ2) is 8.26. The largest absolute Gasteiger partial charge is 0.396 e. The van der Waals surface area contributed by atoms with E-state index in [2.05, 4.69) is 5.32 Å². The Kier molecular flexibility index (Phi) is 7.00. The van der Waals surface area contributed by atoms with E-state index in [0.29, 0.717) is 6.54 Å². The Bertz CT molecular complexity index is 443. The van der Waals surface area contributed by atoms with Crippen LogP contribution in [0, 0.1) is 19.5 Å². The lowest BCUT2D eigenvalue weighted by Crippen LogP contribution is -2.05. The summed E-state index contributed by atoms with van der Waals surface area (Å²) in [7, 11) is 0. The highest BCUT2D eigenvalue weighted by atomic mass is 127. The number of halogens is 2. The zero-order valence-corrected chi connectivity index (χ0v) is 12.5. The third kappa shape index (κ3) is 5.27. The minimum atomic E-state index is -0.518. The fourth-order valence-corrected chi connectivity index (χ4v) is 2.09. The highest BCUT2D eigenvalue weighted by Crippen LogP contribution is 2.28. The van der Waals surface area contributed by atoms with Crippen LogP contribution in [0.3, 0.4) is 0 Å². The van der Waals surface area contributed by atoms with Crippen molar-refractivity contribution in [2.45, 2.75) is 25.7 Å². The van der Waals surface area contributed by atoms with Crippen molar-refractivity contribution in [3.05, 3.63) is 31.6 Å². The molecule has 0 bridgehead atoms. The lowest BCUT2D eigenvalue weighted by molar-refractivity contribution is -0.384. The summed E-state index contributed by atoms with van der Waals surface area (Å²) in [5, 5.41) is 22.4. The number of nitrogens with zero attached hydrogens (tertiary/aromatic N) is 1. The predicted octanol–water partition coefficient (Wildman–Crippen LogP) is 3.30. The van der Waals surface area contributed by atoms with E-state index >= 15 is 0 Å². The van der Waals surface area contributed by atoms with Crippen LogP contribution in [0.1, 0.15) is 25.7 Å². The third-order valence-electron chi connectivity index (χ3n) is 2.64. The normalized spacial score (nSPS) is 10.5. The van der Waals surface area contributed by atoms with Gasteiger partial charge in [-0.3, -0.25) is 10.1 Å². The van der Waals surface area contributed by atoms with Crippen LogP contribution >= 0.6 is 22.6 Å². The van der Waals surface area contributed by atoms with Crippen molar-refractivity contribution in [2.75, 3.05) is 18.5 Å². The molecular weight excluding hydrogens is 366 g/mol. The fraction of sp³-hybridized carbons (Fsp3) is 0.500. The highest BCUT2D eigenvalue weighted by Gasteiger charge is 2.16. The number of rotatable bonds is 8. The molecule has 0 saturated carbocycles. The standard InChI is InChI=1S/C12H16FIN2O3/c13-9-7-11(12(16(18)19)8-10(9)14)15-5-3-1-2-4-6-17/h7-8,15,17H,1-6H2. The van der Waals surface area contributed by atoms with E-state index in [0.717, 1.165) is 31.7 Å². The van der Waals surface area contributed by atoms with Crippen LogP contribution in [-0.2, 0) is 0 Å². The molecule has 0 aliphatic rings. The molecule has 0 aliphatic carbocycles. The topological polar surface area (TPSA) is 75.4 Å². The summed E-state index contributed by atoms with van der Waals surface area (Å²) in [5.74, 6) is -0.464. The number of aliphatic hydroxyl groups excluding tert-OH is 1. The summed E-state index contributed by atoms with van der Waals surface area (Å²) in [6.45, 7) is 0.730. The van der Waals surface area contributed by atoms with Gasteiger partial charge in [-0.15, -0.1) is 0 Å². The molecule has 0 radical (unpaired) electrons. The average molecular weight is 382 g/mol. The van der Waals surface area contributed by atoms with E-state index in [1.165, 1.54) is 6.07 Å². The first-order valence-electron chi connectivity index (χ1n) is 6.04. The van der Waals surface area contributed by atoms with Gasteiger partial charge in [0.05, 0.1) is 8.49 Å². The summed E-state index contributed by atoms with van der Waals surface area (Å²) >= 11 is 1.73. The number of hydrogen-bond acceptors (Lipinski definition) is 4. The Balaban J connectivity index is 2.57. The molecule has 2 N–H and O–H groups in total. The highest BCUT2D eigenvalue weighted by molar-refractivity contribution is 14.1. The van der Waals surface area contributed by atoms with E-state index in [1.807, 2.05) is 0 Å². The van der Waals surface area contributed by atoms with Crippen LogP contribution in [0.4, 0.5) is 15.8 Å². The van der Waals surface area contributed by atoms with E-state index in [-0.39, 0.29) is 21.6 Å². The number of hydrogen-bond donors (Lipinski definition) is 2. The van der Waals surface area contributed by atoms with Crippen molar-refractivity contribution in [1.82, 2.24) is 0 Å². The summed E-state index contributed by atoms with van der Waals surface area (Å²) in [5.41, 5.74) is 0.103. The zero-order valence-electron chi connectivity index (χ0n) is 10.4. The van der Waals surface area contributed by atoms with Gasteiger partial charge in [0.1, 0.15) is 11.5 Å². The van der Waals surface area contributed by atoms with E-state index in [4.69, 9.17) is 5.11 Å². The SMILES string of the molecule is O=[N+]([O-])c1cc(I)c(F)cc1NCCCCCCO. The van der Waals surface area contributed by atoms with E-state index in [9.17, 15) is 14.5 Å². The van der Waals surface area contributed by atoms with Gasteiger partial charge in [-0.2, -0.15) is 0 Å². The number of nitrogens with one attached hydrogen (secondary N) is 1. The molecule has 1 aromatic rings. The maximum atomic E-state index is 13.4. The lowest BCUT2D eigenvalue weighted by Gasteiger charge is -2.08. The molecule has 106 valence electrons. The number of nitro groups is 1.